The maximum atomic E-state index is 12.2. The fourth-order valence-corrected chi connectivity index (χ4v) is 2.79. The molecule has 0 unspecified atom stereocenters. The molecule has 0 bridgehead atoms. The van der Waals surface area contributed by atoms with Crippen LogP contribution in [-0.2, 0) is 10.0 Å². The Kier molecular flexibility index (Phi) is 3.15. The van der Waals surface area contributed by atoms with Crippen LogP contribution in [-0.4, -0.2) is 18.4 Å². The summed E-state index contributed by atoms with van der Waals surface area (Å²) in [5.41, 5.74) is 6.95. The highest BCUT2D eigenvalue weighted by molar-refractivity contribution is 7.92. The minimum atomic E-state index is -3.68. The minimum absolute atomic E-state index is 0.145. The average molecular weight is 264 g/mol. The Balaban J connectivity index is 2.41. The Hall–Kier alpha value is -2.15. The van der Waals surface area contributed by atoms with Crippen molar-refractivity contribution >= 4 is 21.4 Å². The van der Waals surface area contributed by atoms with Crippen LogP contribution in [0, 0.1) is 6.92 Å². The molecule has 0 aliphatic rings. The Bertz CT molecular complexity index is 656. The number of hydrogen-bond acceptors (Lipinski definition) is 5. The topological polar surface area (TPSA) is 98.0 Å². The van der Waals surface area contributed by atoms with Gasteiger partial charge in [-0.25, -0.2) is 18.4 Å². The van der Waals surface area contributed by atoms with E-state index in [4.69, 9.17) is 5.73 Å². The lowest BCUT2D eigenvalue weighted by Gasteiger charge is -2.10. The minimum Gasteiger partial charge on any atom is -0.398 e. The van der Waals surface area contributed by atoms with Crippen LogP contribution in [0.25, 0.3) is 0 Å². The largest absolute Gasteiger partial charge is 0.398 e. The molecular formula is C11H12N4O2S. The van der Waals surface area contributed by atoms with Crippen LogP contribution >= 0.6 is 0 Å². The molecule has 0 spiro atoms. The summed E-state index contributed by atoms with van der Waals surface area (Å²) in [6.45, 7) is 1.66. The van der Waals surface area contributed by atoms with E-state index in [9.17, 15) is 8.42 Å². The molecular weight excluding hydrogens is 252 g/mol. The monoisotopic (exact) mass is 264 g/mol. The van der Waals surface area contributed by atoms with E-state index in [1.165, 1.54) is 24.8 Å². The summed E-state index contributed by atoms with van der Waals surface area (Å²) in [5, 5.41) is 0. The predicted molar refractivity (Wildman–Crippen MR) is 68.4 cm³/mol. The van der Waals surface area contributed by atoms with Gasteiger partial charge in [-0.1, -0.05) is 6.07 Å². The zero-order valence-corrected chi connectivity index (χ0v) is 10.5. The first-order chi connectivity index (χ1) is 8.50. The molecule has 1 aromatic heterocycles. The van der Waals surface area contributed by atoms with Crippen molar-refractivity contribution in [2.24, 2.45) is 0 Å². The number of nitrogens with zero attached hydrogens (tertiary/aromatic N) is 2. The van der Waals surface area contributed by atoms with Crippen LogP contribution in [0.1, 0.15) is 5.56 Å². The van der Waals surface area contributed by atoms with Crippen LogP contribution in [0.5, 0.6) is 0 Å². The number of benzene rings is 1. The number of nitrogens with two attached hydrogens (primary N) is 1. The molecule has 18 heavy (non-hydrogen) atoms. The molecule has 7 heteroatoms. The molecule has 1 heterocycles. The van der Waals surface area contributed by atoms with Gasteiger partial charge in [0.1, 0.15) is 6.33 Å². The normalized spacial score (nSPS) is 11.2. The van der Waals surface area contributed by atoms with Crippen molar-refractivity contribution in [2.75, 3.05) is 10.5 Å². The summed E-state index contributed by atoms with van der Waals surface area (Å²) in [7, 11) is -3.68. The zero-order valence-electron chi connectivity index (χ0n) is 9.66. The van der Waals surface area contributed by atoms with Crippen LogP contribution in [0.4, 0.5) is 11.4 Å². The number of hydrogen-bond donors (Lipinski definition) is 2. The predicted octanol–water partition coefficient (Wildman–Crippen LogP) is 1.17. The van der Waals surface area contributed by atoms with Crippen molar-refractivity contribution in [2.45, 2.75) is 11.8 Å². The molecule has 2 rings (SSSR count). The molecule has 0 amide bonds. The Morgan fingerprint density at radius 2 is 1.89 bits per heavy atom. The lowest BCUT2D eigenvalue weighted by molar-refractivity contribution is 0.600. The van der Waals surface area contributed by atoms with Crippen molar-refractivity contribution in [1.29, 1.82) is 0 Å². The molecule has 1 aromatic carbocycles. The number of rotatable bonds is 3. The quantitative estimate of drug-likeness (QED) is 0.811. The Labute approximate surface area is 105 Å². The van der Waals surface area contributed by atoms with E-state index in [-0.39, 0.29) is 4.90 Å². The van der Waals surface area contributed by atoms with Gasteiger partial charge in [-0.2, -0.15) is 0 Å². The van der Waals surface area contributed by atoms with E-state index < -0.39 is 10.0 Å². The van der Waals surface area contributed by atoms with Gasteiger partial charge >= 0.3 is 0 Å². The second-order valence-electron chi connectivity index (χ2n) is 3.70. The highest BCUT2D eigenvalue weighted by Crippen LogP contribution is 2.22. The molecule has 0 fully saturated rings. The highest BCUT2D eigenvalue weighted by atomic mass is 32.2. The second kappa shape index (κ2) is 4.61. The summed E-state index contributed by atoms with van der Waals surface area (Å²) in [5.74, 6) is 0. The van der Waals surface area contributed by atoms with Crippen molar-refractivity contribution in [1.82, 2.24) is 9.97 Å². The zero-order chi connectivity index (χ0) is 13.2. The number of nitrogen functional groups attached to an aromatic ring is 1. The molecule has 0 aliphatic heterocycles. The molecule has 0 radical (unpaired) electrons. The van der Waals surface area contributed by atoms with Gasteiger partial charge < -0.3 is 5.73 Å². The molecule has 0 saturated carbocycles. The molecule has 0 aliphatic carbocycles. The molecule has 6 nitrogen and oxygen atoms in total. The first kappa shape index (κ1) is 12.3. The molecule has 0 saturated heterocycles. The number of sulfonamides is 1. The van der Waals surface area contributed by atoms with Gasteiger partial charge in [0.2, 0.25) is 0 Å². The standard InChI is InChI=1S/C11H12N4O2S/c1-8-10(12)3-2-4-11(8)18(16,17)15-9-5-13-7-14-6-9/h2-7,15H,12H2,1H3. The van der Waals surface area contributed by atoms with Crippen molar-refractivity contribution < 1.29 is 8.42 Å². The van der Waals surface area contributed by atoms with Gasteiger partial charge in [0, 0.05) is 5.69 Å². The van der Waals surface area contributed by atoms with Gasteiger partial charge in [0.15, 0.2) is 0 Å². The van der Waals surface area contributed by atoms with E-state index in [0.717, 1.165) is 0 Å². The van der Waals surface area contributed by atoms with Crippen molar-refractivity contribution in [3.8, 4) is 0 Å². The van der Waals surface area contributed by atoms with Crippen molar-refractivity contribution in [3.63, 3.8) is 0 Å². The lowest BCUT2D eigenvalue weighted by atomic mass is 10.2. The lowest BCUT2D eigenvalue weighted by Crippen LogP contribution is -2.15. The van der Waals surface area contributed by atoms with E-state index >= 15 is 0 Å². The third-order valence-corrected chi connectivity index (χ3v) is 3.95. The van der Waals surface area contributed by atoms with Crippen LogP contribution in [0.15, 0.2) is 41.8 Å². The van der Waals surface area contributed by atoms with Gasteiger partial charge in [0.05, 0.1) is 23.0 Å². The third kappa shape index (κ3) is 2.40. The molecule has 2 aromatic rings. The summed E-state index contributed by atoms with van der Waals surface area (Å²) in [6, 6.07) is 4.75. The number of nitrogens with one attached hydrogen (secondary N) is 1. The molecule has 3 N–H and O–H groups in total. The van der Waals surface area contributed by atoms with E-state index in [2.05, 4.69) is 14.7 Å². The summed E-state index contributed by atoms with van der Waals surface area (Å²) in [6.07, 6.45) is 4.09. The van der Waals surface area contributed by atoms with Gasteiger partial charge in [-0.15, -0.1) is 0 Å². The fourth-order valence-electron chi connectivity index (χ4n) is 1.48. The van der Waals surface area contributed by atoms with E-state index in [1.807, 2.05) is 0 Å². The van der Waals surface area contributed by atoms with E-state index in [1.54, 1.807) is 19.1 Å². The summed E-state index contributed by atoms with van der Waals surface area (Å²) in [4.78, 5) is 7.62. The first-order valence-electron chi connectivity index (χ1n) is 5.13. The molecule has 0 atom stereocenters. The van der Waals surface area contributed by atoms with Crippen LogP contribution in [0.3, 0.4) is 0 Å². The SMILES string of the molecule is Cc1c(N)cccc1S(=O)(=O)Nc1cncnc1. The van der Waals surface area contributed by atoms with Gasteiger partial charge in [-0.3, -0.25) is 4.72 Å². The maximum Gasteiger partial charge on any atom is 0.262 e. The van der Waals surface area contributed by atoms with Gasteiger partial charge in [-0.05, 0) is 24.6 Å². The van der Waals surface area contributed by atoms with Gasteiger partial charge in [0.25, 0.3) is 10.0 Å². The number of anilines is 2. The third-order valence-electron chi connectivity index (χ3n) is 2.43. The van der Waals surface area contributed by atoms with Crippen LogP contribution < -0.4 is 10.5 Å². The van der Waals surface area contributed by atoms with Crippen LogP contribution in [0.2, 0.25) is 0 Å². The first-order valence-corrected chi connectivity index (χ1v) is 6.62. The molecule has 94 valence electrons. The maximum absolute atomic E-state index is 12.2. The average Bonchev–Trinajstić information content (AvgIpc) is 2.33. The van der Waals surface area contributed by atoms with Crippen molar-refractivity contribution in [3.05, 3.63) is 42.5 Å². The van der Waals surface area contributed by atoms with E-state index in [0.29, 0.717) is 16.9 Å². The Morgan fingerprint density at radius 3 is 2.56 bits per heavy atom. The Morgan fingerprint density at radius 1 is 1.22 bits per heavy atom. The highest BCUT2D eigenvalue weighted by Gasteiger charge is 2.17. The summed E-state index contributed by atoms with van der Waals surface area (Å²) < 4.78 is 26.7. The number of aromatic nitrogens is 2. The second-order valence-corrected chi connectivity index (χ2v) is 5.35. The smallest absolute Gasteiger partial charge is 0.262 e. The fraction of sp³-hybridized carbons (Fsp3) is 0.0909. The summed E-state index contributed by atoms with van der Waals surface area (Å²) >= 11 is 0.